The molecule has 0 radical (unpaired) electrons. The quantitative estimate of drug-likeness (QED) is 0.789. The molecule has 5 heteroatoms. The van der Waals surface area contributed by atoms with Gasteiger partial charge in [-0.1, -0.05) is 18.2 Å². The predicted molar refractivity (Wildman–Crippen MR) is 68.2 cm³/mol. The van der Waals surface area contributed by atoms with E-state index in [1.165, 1.54) is 0 Å². The third kappa shape index (κ3) is 2.58. The minimum Gasteiger partial charge on any atom is -0.376 e. The molecule has 4 nitrogen and oxygen atoms in total. The summed E-state index contributed by atoms with van der Waals surface area (Å²) in [7, 11) is 0. The van der Waals surface area contributed by atoms with Crippen LogP contribution >= 0.6 is 12.2 Å². The summed E-state index contributed by atoms with van der Waals surface area (Å²) >= 11 is 4.83. The van der Waals surface area contributed by atoms with Crippen molar-refractivity contribution in [2.24, 2.45) is 5.73 Å². The van der Waals surface area contributed by atoms with Crippen LogP contribution in [0.4, 0.5) is 5.69 Å². The van der Waals surface area contributed by atoms with Crippen LogP contribution < -0.4 is 11.1 Å². The molecule has 2 rings (SSSR count). The molecule has 16 heavy (non-hydrogen) atoms. The Hall–Kier alpha value is -1.88. The number of nitrogens with two attached hydrogens (primary N) is 1. The van der Waals surface area contributed by atoms with Crippen molar-refractivity contribution in [3.63, 3.8) is 0 Å². The fourth-order valence-corrected chi connectivity index (χ4v) is 1.60. The molecule has 1 aromatic carbocycles. The van der Waals surface area contributed by atoms with E-state index >= 15 is 0 Å². The molecule has 1 aromatic heterocycles. The molecule has 0 bridgehead atoms. The van der Waals surface area contributed by atoms with Crippen LogP contribution in [0.25, 0.3) is 0 Å². The smallest absolute Gasteiger partial charge is 0.168 e. The van der Waals surface area contributed by atoms with Gasteiger partial charge >= 0.3 is 0 Å². The fourth-order valence-electron chi connectivity index (χ4n) is 1.49. The van der Waals surface area contributed by atoms with Crippen molar-refractivity contribution in [2.75, 3.05) is 5.32 Å². The summed E-state index contributed by atoms with van der Waals surface area (Å²) in [6.07, 6.45) is 5.44. The number of rotatable bonds is 3. The number of hydrogen-bond donors (Lipinski definition) is 2. The Labute approximate surface area is 99.1 Å². The van der Waals surface area contributed by atoms with E-state index in [1.54, 1.807) is 12.5 Å². The number of benzene rings is 1. The summed E-state index contributed by atoms with van der Waals surface area (Å²) in [5, 5.41) is 3.24. The Bertz CT molecular complexity index is 478. The first-order valence-corrected chi connectivity index (χ1v) is 5.26. The molecule has 0 saturated carbocycles. The first-order valence-electron chi connectivity index (χ1n) is 4.86. The average Bonchev–Trinajstić information content (AvgIpc) is 2.73. The van der Waals surface area contributed by atoms with E-state index in [4.69, 9.17) is 18.0 Å². The molecular weight excluding hydrogens is 220 g/mol. The number of nitrogens with zero attached hydrogens (tertiary/aromatic N) is 2. The van der Waals surface area contributed by atoms with E-state index in [9.17, 15) is 0 Å². The Kier molecular flexibility index (Phi) is 3.16. The maximum atomic E-state index is 5.47. The van der Waals surface area contributed by atoms with E-state index in [1.807, 2.05) is 35.0 Å². The van der Waals surface area contributed by atoms with Gasteiger partial charge in [0.1, 0.15) is 0 Å². The topological polar surface area (TPSA) is 55.9 Å². The van der Waals surface area contributed by atoms with Gasteiger partial charge in [-0.2, -0.15) is 0 Å². The van der Waals surface area contributed by atoms with Gasteiger partial charge in [0.25, 0.3) is 0 Å². The maximum Gasteiger partial charge on any atom is 0.168 e. The standard InChI is InChI=1S/C11H12N4S/c12-11(16)14-10-4-2-1-3-9(10)7-15-6-5-13-8-15/h1-6,8H,7H2,(H3,12,14,16). The summed E-state index contributed by atoms with van der Waals surface area (Å²) in [4.78, 5) is 4.00. The van der Waals surface area contributed by atoms with Gasteiger partial charge in [-0.3, -0.25) is 0 Å². The molecule has 0 atom stereocenters. The van der Waals surface area contributed by atoms with Crippen molar-refractivity contribution in [1.82, 2.24) is 9.55 Å². The molecular formula is C11H12N4S. The second-order valence-corrected chi connectivity index (χ2v) is 3.82. The summed E-state index contributed by atoms with van der Waals surface area (Å²) in [5.41, 5.74) is 7.52. The van der Waals surface area contributed by atoms with Crippen LogP contribution in [0.2, 0.25) is 0 Å². The number of para-hydroxylation sites is 1. The molecule has 0 fully saturated rings. The zero-order valence-electron chi connectivity index (χ0n) is 8.63. The Morgan fingerprint density at radius 3 is 2.94 bits per heavy atom. The van der Waals surface area contributed by atoms with Gasteiger partial charge < -0.3 is 15.6 Å². The molecule has 3 N–H and O–H groups in total. The van der Waals surface area contributed by atoms with E-state index in [2.05, 4.69) is 10.3 Å². The lowest BCUT2D eigenvalue weighted by molar-refractivity contribution is 0.799. The molecule has 0 spiro atoms. The number of nitrogens with one attached hydrogen (secondary N) is 1. The van der Waals surface area contributed by atoms with Gasteiger partial charge in [-0.25, -0.2) is 4.98 Å². The fraction of sp³-hybridized carbons (Fsp3) is 0.0909. The van der Waals surface area contributed by atoms with E-state index in [0.717, 1.165) is 17.8 Å². The van der Waals surface area contributed by atoms with Crippen LogP contribution in [0, 0.1) is 0 Å². The van der Waals surface area contributed by atoms with Crippen molar-refractivity contribution >= 4 is 23.0 Å². The van der Waals surface area contributed by atoms with Crippen molar-refractivity contribution in [1.29, 1.82) is 0 Å². The van der Waals surface area contributed by atoms with Crippen molar-refractivity contribution in [3.05, 3.63) is 48.5 Å². The largest absolute Gasteiger partial charge is 0.376 e. The molecule has 0 amide bonds. The highest BCUT2D eigenvalue weighted by molar-refractivity contribution is 7.80. The first-order chi connectivity index (χ1) is 7.75. The number of anilines is 1. The monoisotopic (exact) mass is 232 g/mol. The minimum absolute atomic E-state index is 0.276. The summed E-state index contributed by atoms with van der Waals surface area (Å²) in [6.45, 7) is 0.742. The zero-order valence-corrected chi connectivity index (χ0v) is 9.45. The van der Waals surface area contributed by atoms with Gasteiger partial charge in [0.2, 0.25) is 0 Å². The van der Waals surface area contributed by atoms with Gasteiger partial charge in [-0.15, -0.1) is 0 Å². The van der Waals surface area contributed by atoms with Gasteiger partial charge in [0, 0.05) is 18.1 Å². The van der Waals surface area contributed by atoms with Crippen LogP contribution in [0.1, 0.15) is 5.56 Å². The lowest BCUT2D eigenvalue weighted by Gasteiger charge is -2.10. The third-order valence-electron chi connectivity index (χ3n) is 2.19. The highest BCUT2D eigenvalue weighted by Crippen LogP contribution is 2.15. The van der Waals surface area contributed by atoms with Crippen molar-refractivity contribution < 1.29 is 0 Å². The molecule has 2 aromatic rings. The van der Waals surface area contributed by atoms with E-state index in [-0.39, 0.29) is 5.11 Å². The van der Waals surface area contributed by atoms with Gasteiger partial charge in [0.05, 0.1) is 12.9 Å². The molecule has 82 valence electrons. The second kappa shape index (κ2) is 4.76. The number of hydrogen-bond acceptors (Lipinski definition) is 2. The molecule has 1 heterocycles. The zero-order chi connectivity index (χ0) is 11.4. The third-order valence-corrected chi connectivity index (χ3v) is 2.29. The maximum absolute atomic E-state index is 5.47. The molecule has 0 saturated heterocycles. The second-order valence-electron chi connectivity index (χ2n) is 3.38. The highest BCUT2D eigenvalue weighted by Gasteiger charge is 2.02. The number of aromatic nitrogens is 2. The molecule has 0 aliphatic carbocycles. The van der Waals surface area contributed by atoms with Crippen LogP contribution in [0.5, 0.6) is 0 Å². The normalized spacial score (nSPS) is 10.0. The Morgan fingerprint density at radius 1 is 1.44 bits per heavy atom. The van der Waals surface area contributed by atoms with E-state index in [0.29, 0.717) is 0 Å². The predicted octanol–water partition coefficient (Wildman–Crippen LogP) is 1.59. The Balaban J connectivity index is 2.22. The van der Waals surface area contributed by atoms with Crippen molar-refractivity contribution in [2.45, 2.75) is 6.54 Å². The first kappa shape index (κ1) is 10.6. The Morgan fingerprint density at radius 2 is 2.25 bits per heavy atom. The summed E-state index contributed by atoms with van der Waals surface area (Å²) in [6, 6.07) is 7.90. The van der Waals surface area contributed by atoms with Crippen LogP contribution in [-0.2, 0) is 6.54 Å². The lowest BCUT2D eigenvalue weighted by Crippen LogP contribution is -2.20. The number of imidazole rings is 1. The SMILES string of the molecule is NC(=S)Nc1ccccc1Cn1ccnc1. The van der Waals surface area contributed by atoms with Gasteiger partial charge in [-0.05, 0) is 23.8 Å². The van der Waals surface area contributed by atoms with Crippen LogP contribution in [0.3, 0.4) is 0 Å². The van der Waals surface area contributed by atoms with Crippen molar-refractivity contribution in [3.8, 4) is 0 Å². The number of thiocarbonyl (C=S) groups is 1. The molecule has 0 unspecified atom stereocenters. The van der Waals surface area contributed by atoms with Crippen LogP contribution in [-0.4, -0.2) is 14.7 Å². The average molecular weight is 232 g/mol. The van der Waals surface area contributed by atoms with E-state index < -0.39 is 0 Å². The molecule has 0 aliphatic heterocycles. The van der Waals surface area contributed by atoms with Crippen LogP contribution in [0.15, 0.2) is 43.0 Å². The van der Waals surface area contributed by atoms with Gasteiger partial charge in [0.15, 0.2) is 5.11 Å². The molecule has 0 aliphatic rings. The summed E-state index contributed by atoms with van der Waals surface area (Å²) < 4.78 is 1.99. The minimum atomic E-state index is 0.276. The summed E-state index contributed by atoms with van der Waals surface area (Å²) in [5.74, 6) is 0. The highest BCUT2D eigenvalue weighted by atomic mass is 32.1. The lowest BCUT2D eigenvalue weighted by atomic mass is 10.2.